The lowest BCUT2D eigenvalue weighted by molar-refractivity contribution is 0.309. The molecule has 0 fully saturated rings. The first-order valence-electron chi connectivity index (χ1n) is 5.88. The molecule has 0 bridgehead atoms. The first-order chi connectivity index (χ1) is 8.01. The van der Waals surface area contributed by atoms with Gasteiger partial charge in [-0.2, -0.15) is 0 Å². The lowest BCUT2D eigenvalue weighted by Crippen LogP contribution is -2.36. The van der Waals surface area contributed by atoms with Crippen molar-refractivity contribution in [1.29, 1.82) is 0 Å². The fraction of sp³-hybridized carbons (Fsp3) is 0.538. The molecule has 17 heavy (non-hydrogen) atoms. The van der Waals surface area contributed by atoms with Crippen LogP contribution in [0.2, 0.25) is 0 Å². The minimum Gasteiger partial charge on any atom is -0.309 e. The summed E-state index contributed by atoms with van der Waals surface area (Å²) in [5.41, 5.74) is 0.961. The molecular formula is C13H20BrFN2. The zero-order valence-corrected chi connectivity index (χ0v) is 12.2. The van der Waals surface area contributed by atoms with E-state index in [1.54, 1.807) is 6.07 Å². The Bertz CT molecular complexity index is 337. The van der Waals surface area contributed by atoms with Crippen molar-refractivity contribution in [3.63, 3.8) is 0 Å². The van der Waals surface area contributed by atoms with Gasteiger partial charge in [0.25, 0.3) is 0 Å². The third-order valence-electron chi connectivity index (χ3n) is 2.70. The molecule has 0 saturated heterocycles. The highest BCUT2D eigenvalue weighted by Gasteiger charge is 2.05. The number of nitrogens with one attached hydrogen (secondary N) is 1. The minimum atomic E-state index is -0.200. The van der Waals surface area contributed by atoms with E-state index in [2.05, 4.69) is 47.0 Å². The molecule has 0 spiro atoms. The summed E-state index contributed by atoms with van der Waals surface area (Å²) in [6.07, 6.45) is 0. The van der Waals surface area contributed by atoms with E-state index in [1.807, 2.05) is 6.07 Å². The molecule has 2 nitrogen and oxygen atoms in total. The number of likely N-dealkylation sites (N-methyl/N-ethyl adjacent to an activating group) is 1. The van der Waals surface area contributed by atoms with E-state index >= 15 is 0 Å². The maximum atomic E-state index is 13.2. The van der Waals surface area contributed by atoms with Crippen LogP contribution in [-0.2, 0) is 6.54 Å². The van der Waals surface area contributed by atoms with Gasteiger partial charge in [-0.3, -0.25) is 0 Å². The lowest BCUT2D eigenvalue weighted by Gasteiger charge is -2.20. The first kappa shape index (κ1) is 14.6. The highest BCUT2D eigenvalue weighted by Crippen LogP contribution is 2.14. The Morgan fingerprint density at radius 3 is 2.71 bits per heavy atom. The molecule has 1 N–H and O–H groups in total. The van der Waals surface area contributed by atoms with E-state index in [1.165, 1.54) is 6.07 Å². The van der Waals surface area contributed by atoms with Gasteiger partial charge in [0.15, 0.2) is 0 Å². The molecule has 0 radical (unpaired) electrons. The van der Waals surface area contributed by atoms with Crippen molar-refractivity contribution in [2.45, 2.75) is 26.4 Å². The van der Waals surface area contributed by atoms with Gasteiger partial charge in [-0.05, 0) is 44.3 Å². The highest BCUT2D eigenvalue weighted by atomic mass is 79.9. The van der Waals surface area contributed by atoms with Crippen LogP contribution in [0, 0.1) is 5.82 Å². The Kier molecular flexibility index (Phi) is 6.09. The van der Waals surface area contributed by atoms with Gasteiger partial charge >= 0.3 is 0 Å². The monoisotopic (exact) mass is 302 g/mol. The van der Waals surface area contributed by atoms with E-state index < -0.39 is 0 Å². The maximum absolute atomic E-state index is 13.2. The normalized spacial score (nSPS) is 13.1. The molecule has 0 aliphatic carbocycles. The molecule has 4 heteroatoms. The van der Waals surface area contributed by atoms with Crippen molar-refractivity contribution >= 4 is 15.9 Å². The molecule has 1 atom stereocenters. The molecule has 96 valence electrons. The van der Waals surface area contributed by atoms with Crippen molar-refractivity contribution in [3.8, 4) is 0 Å². The highest BCUT2D eigenvalue weighted by molar-refractivity contribution is 9.10. The first-order valence-corrected chi connectivity index (χ1v) is 6.67. The van der Waals surface area contributed by atoms with Gasteiger partial charge in [0, 0.05) is 23.6 Å². The average molecular weight is 303 g/mol. The molecule has 1 unspecified atom stereocenters. The summed E-state index contributed by atoms with van der Waals surface area (Å²) < 4.78 is 13.9. The summed E-state index contributed by atoms with van der Waals surface area (Å²) in [5, 5.41) is 3.39. The van der Waals surface area contributed by atoms with Gasteiger partial charge in [-0.25, -0.2) is 4.39 Å². The van der Waals surface area contributed by atoms with Crippen LogP contribution in [0.3, 0.4) is 0 Å². The van der Waals surface area contributed by atoms with Crippen molar-refractivity contribution in [2.24, 2.45) is 0 Å². The van der Waals surface area contributed by atoms with Gasteiger partial charge in [0.2, 0.25) is 0 Å². The summed E-state index contributed by atoms with van der Waals surface area (Å²) in [5.74, 6) is -0.200. The van der Waals surface area contributed by atoms with Gasteiger partial charge < -0.3 is 10.2 Å². The average Bonchev–Trinajstić information content (AvgIpc) is 2.25. The Balaban J connectivity index is 2.44. The number of hydrogen-bond donors (Lipinski definition) is 1. The molecule has 1 rings (SSSR count). The fourth-order valence-electron chi connectivity index (χ4n) is 1.67. The Morgan fingerprint density at radius 2 is 2.12 bits per heavy atom. The van der Waals surface area contributed by atoms with Crippen LogP contribution in [0.15, 0.2) is 22.7 Å². The fourth-order valence-corrected chi connectivity index (χ4v) is 2.18. The van der Waals surface area contributed by atoms with Crippen LogP contribution in [0.25, 0.3) is 0 Å². The predicted molar refractivity (Wildman–Crippen MR) is 73.6 cm³/mol. The Hall–Kier alpha value is -0.450. The molecule has 0 heterocycles. The third-order valence-corrected chi connectivity index (χ3v) is 3.16. The molecule has 0 aliphatic rings. The summed E-state index contributed by atoms with van der Waals surface area (Å²) in [6, 6.07) is 5.36. The molecule has 0 aliphatic heterocycles. The van der Waals surface area contributed by atoms with Gasteiger partial charge in [0.05, 0.1) is 0 Å². The molecular weight excluding hydrogens is 283 g/mol. The second-order valence-corrected chi connectivity index (χ2v) is 5.33. The quantitative estimate of drug-likeness (QED) is 0.869. The van der Waals surface area contributed by atoms with E-state index in [-0.39, 0.29) is 5.82 Å². The number of nitrogens with zero attached hydrogens (tertiary/aromatic N) is 1. The van der Waals surface area contributed by atoms with Gasteiger partial charge in [-0.1, -0.05) is 22.9 Å². The number of rotatable bonds is 6. The van der Waals surface area contributed by atoms with Crippen molar-refractivity contribution < 1.29 is 4.39 Å². The van der Waals surface area contributed by atoms with Crippen molar-refractivity contribution in [3.05, 3.63) is 34.1 Å². The zero-order chi connectivity index (χ0) is 12.8. The lowest BCUT2D eigenvalue weighted by atomic mass is 10.2. The second kappa shape index (κ2) is 7.09. The Morgan fingerprint density at radius 1 is 1.41 bits per heavy atom. The Labute approximate surface area is 111 Å². The molecule has 0 amide bonds. The predicted octanol–water partition coefficient (Wildman–Crippen LogP) is 3.02. The molecule has 0 aromatic heterocycles. The summed E-state index contributed by atoms with van der Waals surface area (Å²) >= 11 is 3.30. The number of benzene rings is 1. The van der Waals surface area contributed by atoms with Crippen LogP contribution in [0.1, 0.15) is 19.4 Å². The van der Waals surface area contributed by atoms with Crippen LogP contribution in [0.5, 0.6) is 0 Å². The summed E-state index contributed by atoms with van der Waals surface area (Å²) in [6.45, 7) is 7.00. The maximum Gasteiger partial charge on any atom is 0.124 e. The molecule has 1 aromatic rings. The van der Waals surface area contributed by atoms with Crippen LogP contribution in [-0.4, -0.2) is 31.1 Å². The van der Waals surface area contributed by atoms with Crippen LogP contribution in [0.4, 0.5) is 4.39 Å². The van der Waals surface area contributed by atoms with E-state index in [9.17, 15) is 4.39 Å². The van der Waals surface area contributed by atoms with E-state index in [0.29, 0.717) is 12.6 Å². The standard InChI is InChI=1S/C13H20BrFN2/c1-4-17(3)9-10(2)16-8-11-5-12(14)7-13(15)6-11/h5-7,10,16H,4,8-9H2,1-3H3. The van der Waals surface area contributed by atoms with Crippen molar-refractivity contribution in [2.75, 3.05) is 20.1 Å². The minimum absolute atomic E-state index is 0.200. The van der Waals surface area contributed by atoms with Crippen molar-refractivity contribution in [1.82, 2.24) is 10.2 Å². The smallest absolute Gasteiger partial charge is 0.124 e. The van der Waals surface area contributed by atoms with Gasteiger partial charge in [0.1, 0.15) is 5.82 Å². The van der Waals surface area contributed by atoms with Crippen LogP contribution < -0.4 is 5.32 Å². The summed E-state index contributed by atoms with van der Waals surface area (Å²) in [7, 11) is 2.09. The molecule has 1 aromatic carbocycles. The van der Waals surface area contributed by atoms with Gasteiger partial charge in [-0.15, -0.1) is 0 Å². The van der Waals surface area contributed by atoms with E-state index in [4.69, 9.17) is 0 Å². The third kappa shape index (κ3) is 5.61. The number of halogens is 2. The number of hydrogen-bond acceptors (Lipinski definition) is 2. The topological polar surface area (TPSA) is 15.3 Å². The van der Waals surface area contributed by atoms with Crippen LogP contribution >= 0.6 is 15.9 Å². The summed E-state index contributed by atoms with van der Waals surface area (Å²) in [4.78, 5) is 2.25. The van der Waals surface area contributed by atoms with E-state index in [0.717, 1.165) is 23.1 Å². The SMILES string of the molecule is CCN(C)CC(C)NCc1cc(F)cc(Br)c1. The zero-order valence-electron chi connectivity index (χ0n) is 10.6. The second-order valence-electron chi connectivity index (χ2n) is 4.41. The molecule has 0 saturated carbocycles. The largest absolute Gasteiger partial charge is 0.309 e.